The molecule has 0 saturated heterocycles. The Morgan fingerprint density at radius 2 is 1.76 bits per heavy atom. The maximum atomic E-state index is 12.0. The molecule has 0 radical (unpaired) electrons. The summed E-state index contributed by atoms with van der Waals surface area (Å²) in [6, 6.07) is 5.14. The maximum Gasteiger partial charge on any atom is 0.348 e. The third-order valence-electron chi connectivity index (χ3n) is 2.69. The smallest absolute Gasteiger partial charge is 0.348 e. The van der Waals surface area contributed by atoms with Crippen LogP contribution in [0.25, 0.3) is 0 Å². The molecule has 0 fully saturated rings. The summed E-state index contributed by atoms with van der Waals surface area (Å²) in [7, 11) is 8.90. The zero-order valence-electron chi connectivity index (χ0n) is 13.3. The van der Waals surface area contributed by atoms with Crippen LogP contribution in [0.15, 0.2) is 23.2 Å². The van der Waals surface area contributed by atoms with E-state index in [1.165, 1.54) is 0 Å². The lowest BCUT2D eigenvalue weighted by atomic mass is 10.2. The van der Waals surface area contributed by atoms with E-state index in [1.807, 2.05) is 47.2 Å². The number of carbonyl (C=O) groups is 1. The van der Waals surface area contributed by atoms with E-state index in [-0.39, 0.29) is 12.4 Å². The van der Waals surface area contributed by atoms with E-state index < -0.39 is 6.03 Å². The van der Waals surface area contributed by atoms with Crippen molar-refractivity contribution in [1.82, 2.24) is 9.80 Å². The molecule has 1 rings (SSSR count). The van der Waals surface area contributed by atoms with Crippen molar-refractivity contribution in [3.05, 3.63) is 23.8 Å². The molecule has 0 unspecified atom stereocenters. The number of urea groups is 1. The number of aryl methyl sites for hydroxylation is 1. The molecule has 0 atom stereocenters. The van der Waals surface area contributed by atoms with Crippen LogP contribution in [0.5, 0.6) is 5.75 Å². The number of hydrogen-bond donors (Lipinski definition) is 1. The minimum absolute atomic E-state index is 0. The van der Waals surface area contributed by atoms with Gasteiger partial charge in [0.1, 0.15) is 5.75 Å². The molecule has 1 aromatic carbocycles. The molecule has 21 heavy (non-hydrogen) atoms. The number of nitrogens with zero attached hydrogens (tertiary/aromatic N) is 3. The third kappa shape index (κ3) is 5.15. The number of hydrogen-bond acceptors (Lipinski definition) is 2. The van der Waals surface area contributed by atoms with Gasteiger partial charge >= 0.3 is 6.03 Å². The quantitative estimate of drug-likeness (QED) is 0.673. The van der Waals surface area contributed by atoms with E-state index in [0.717, 1.165) is 5.56 Å². The molecule has 7 heteroatoms. The normalized spacial score (nSPS) is 9.24. The van der Waals surface area contributed by atoms with Crippen LogP contribution in [0, 0.1) is 6.92 Å². The number of ether oxygens (including phenoxy) is 1. The summed E-state index contributed by atoms with van der Waals surface area (Å²) in [5.41, 5.74) is 1.56. The van der Waals surface area contributed by atoms with E-state index in [9.17, 15) is 4.79 Å². The van der Waals surface area contributed by atoms with Crippen LogP contribution in [0.3, 0.4) is 0 Å². The molecule has 0 heterocycles. The first-order chi connectivity index (χ1) is 9.36. The number of nitrogens with one attached hydrogen (secondary N) is 1. The first-order valence-corrected chi connectivity index (χ1v) is 6.24. The van der Waals surface area contributed by atoms with Crippen LogP contribution < -0.4 is 10.1 Å². The Labute approximate surface area is 132 Å². The second-order valence-electron chi connectivity index (χ2n) is 4.78. The fourth-order valence-corrected chi connectivity index (χ4v) is 1.80. The van der Waals surface area contributed by atoms with Gasteiger partial charge in [-0.15, -0.1) is 12.4 Å². The number of aliphatic imine (C=N–C) groups is 1. The molecular weight excluding hydrogens is 292 g/mol. The predicted molar refractivity (Wildman–Crippen MR) is 88.8 cm³/mol. The van der Waals surface area contributed by atoms with Crippen molar-refractivity contribution in [2.45, 2.75) is 6.92 Å². The van der Waals surface area contributed by atoms with Gasteiger partial charge < -0.3 is 19.9 Å². The lowest BCUT2D eigenvalue weighted by molar-refractivity contribution is 0.258. The highest BCUT2D eigenvalue weighted by atomic mass is 35.5. The lowest BCUT2D eigenvalue weighted by Crippen LogP contribution is -2.36. The van der Waals surface area contributed by atoms with Crippen molar-refractivity contribution >= 4 is 30.1 Å². The Balaban J connectivity index is 0.00000400. The minimum Gasteiger partial charge on any atom is -0.495 e. The van der Waals surface area contributed by atoms with Gasteiger partial charge in [0.2, 0.25) is 5.96 Å². The number of anilines is 1. The van der Waals surface area contributed by atoms with Gasteiger partial charge in [-0.2, -0.15) is 4.99 Å². The summed E-state index contributed by atoms with van der Waals surface area (Å²) < 4.78 is 5.24. The summed E-state index contributed by atoms with van der Waals surface area (Å²) >= 11 is 0. The first-order valence-electron chi connectivity index (χ1n) is 6.24. The van der Waals surface area contributed by atoms with Crippen molar-refractivity contribution in [3.63, 3.8) is 0 Å². The molecule has 1 aromatic rings. The van der Waals surface area contributed by atoms with Gasteiger partial charge in [0, 0.05) is 28.2 Å². The SMILES string of the molecule is COc1cccc(C)c1NC(=O)N=C(N(C)C)N(C)C.Cl. The van der Waals surface area contributed by atoms with Crippen molar-refractivity contribution in [1.29, 1.82) is 0 Å². The lowest BCUT2D eigenvalue weighted by Gasteiger charge is -2.22. The van der Waals surface area contributed by atoms with E-state index in [2.05, 4.69) is 10.3 Å². The molecule has 118 valence electrons. The molecule has 0 aliphatic heterocycles. The summed E-state index contributed by atoms with van der Waals surface area (Å²) in [6.45, 7) is 1.90. The number of guanidine groups is 1. The molecule has 1 N–H and O–H groups in total. The van der Waals surface area contributed by atoms with Crippen LogP contribution in [-0.4, -0.2) is 57.1 Å². The standard InChI is InChI=1S/C14H22N4O2.ClH/c1-10-8-7-9-11(20-6)12(10)15-13(19)16-14(17(2)3)18(4)5;/h7-9H,1-6H3,(H,15,19);1H. The van der Waals surface area contributed by atoms with Gasteiger partial charge in [-0.05, 0) is 18.6 Å². The summed E-state index contributed by atoms with van der Waals surface area (Å²) in [6.07, 6.45) is 0. The number of amides is 2. The highest BCUT2D eigenvalue weighted by molar-refractivity contribution is 6.00. The van der Waals surface area contributed by atoms with Gasteiger partial charge in [-0.3, -0.25) is 0 Å². The van der Waals surface area contributed by atoms with Crippen LogP contribution in [-0.2, 0) is 0 Å². The van der Waals surface area contributed by atoms with Gasteiger partial charge in [-0.1, -0.05) is 12.1 Å². The third-order valence-corrected chi connectivity index (χ3v) is 2.69. The first kappa shape index (κ1) is 19.1. The van der Waals surface area contributed by atoms with Crippen molar-refractivity contribution in [2.24, 2.45) is 4.99 Å². The summed E-state index contributed by atoms with van der Waals surface area (Å²) in [5, 5.41) is 2.77. The van der Waals surface area contributed by atoms with Crippen LogP contribution >= 0.6 is 12.4 Å². The Bertz CT molecular complexity index is 506. The zero-order chi connectivity index (χ0) is 15.3. The van der Waals surface area contributed by atoms with Gasteiger partial charge in [0.05, 0.1) is 12.8 Å². The monoisotopic (exact) mass is 314 g/mol. The molecule has 0 aliphatic carbocycles. The number of benzene rings is 1. The average Bonchev–Trinajstić information content (AvgIpc) is 2.37. The number of rotatable bonds is 2. The second-order valence-corrected chi connectivity index (χ2v) is 4.78. The Morgan fingerprint density at radius 3 is 2.24 bits per heavy atom. The van der Waals surface area contributed by atoms with E-state index in [1.54, 1.807) is 23.0 Å². The summed E-state index contributed by atoms with van der Waals surface area (Å²) in [5.74, 6) is 1.18. The van der Waals surface area contributed by atoms with E-state index in [4.69, 9.17) is 4.74 Å². The Kier molecular flexibility index (Phi) is 7.59. The number of carbonyl (C=O) groups excluding carboxylic acids is 1. The zero-order valence-corrected chi connectivity index (χ0v) is 14.1. The minimum atomic E-state index is -0.435. The van der Waals surface area contributed by atoms with Crippen molar-refractivity contribution < 1.29 is 9.53 Å². The molecule has 6 nitrogen and oxygen atoms in total. The number of methoxy groups -OCH3 is 1. The van der Waals surface area contributed by atoms with E-state index >= 15 is 0 Å². The number of halogens is 1. The molecule has 0 aliphatic rings. The van der Waals surface area contributed by atoms with Crippen molar-refractivity contribution in [2.75, 3.05) is 40.6 Å². The molecule has 2 amide bonds. The second kappa shape index (κ2) is 8.36. The van der Waals surface area contributed by atoms with Gasteiger partial charge in [-0.25, -0.2) is 4.79 Å². The fraction of sp³-hybridized carbons (Fsp3) is 0.429. The van der Waals surface area contributed by atoms with E-state index in [0.29, 0.717) is 17.4 Å². The van der Waals surface area contributed by atoms with Crippen LogP contribution in [0.4, 0.5) is 10.5 Å². The molecule has 0 saturated carbocycles. The van der Waals surface area contributed by atoms with Crippen LogP contribution in [0.2, 0.25) is 0 Å². The van der Waals surface area contributed by atoms with Crippen LogP contribution in [0.1, 0.15) is 5.56 Å². The largest absolute Gasteiger partial charge is 0.495 e. The molecule has 0 spiro atoms. The predicted octanol–water partition coefficient (Wildman–Crippen LogP) is 2.44. The topological polar surface area (TPSA) is 57.2 Å². The van der Waals surface area contributed by atoms with Gasteiger partial charge in [0.15, 0.2) is 0 Å². The summed E-state index contributed by atoms with van der Waals surface area (Å²) in [4.78, 5) is 19.6. The number of para-hydroxylation sites is 1. The Hall–Kier alpha value is -1.95. The van der Waals surface area contributed by atoms with Gasteiger partial charge in [0.25, 0.3) is 0 Å². The molecule has 0 bridgehead atoms. The molecule has 0 aromatic heterocycles. The fourth-order valence-electron chi connectivity index (χ4n) is 1.80. The maximum absolute atomic E-state index is 12.0. The average molecular weight is 315 g/mol. The highest BCUT2D eigenvalue weighted by Crippen LogP contribution is 2.27. The molecular formula is C14H23ClN4O2. The Morgan fingerprint density at radius 1 is 1.19 bits per heavy atom. The van der Waals surface area contributed by atoms with Crippen molar-refractivity contribution in [3.8, 4) is 5.75 Å². The highest BCUT2D eigenvalue weighted by Gasteiger charge is 2.12.